The Morgan fingerprint density at radius 1 is 1.28 bits per heavy atom. The van der Waals surface area contributed by atoms with Gasteiger partial charge in [0.25, 0.3) is 0 Å². The molecule has 3 rings (SSSR count). The van der Waals surface area contributed by atoms with Gasteiger partial charge in [-0.15, -0.1) is 0 Å². The highest BCUT2D eigenvalue weighted by Crippen LogP contribution is 2.39. The van der Waals surface area contributed by atoms with E-state index in [-0.39, 0.29) is 18.3 Å². The Bertz CT molecular complexity index is 854. The first-order valence-electron chi connectivity index (χ1n) is 8.00. The summed E-state index contributed by atoms with van der Waals surface area (Å²) >= 11 is 0. The van der Waals surface area contributed by atoms with Crippen LogP contribution in [-0.4, -0.2) is 27.9 Å². The molecule has 1 heterocycles. The summed E-state index contributed by atoms with van der Waals surface area (Å²) in [5, 5.41) is 2.12. The second-order valence-electron chi connectivity index (χ2n) is 5.90. The lowest BCUT2D eigenvalue weighted by atomic mass is 10.1. The van der Waals surface area contributed by atoms with Crippen molar-refractivity contribution in [1.82, 2.24) is 5.32 Å². The van der Waals surface area contributed by atoms with Crippen LogP contribution in [0.4, 0.5) is 4.39 Å². The molecule has 1 aliphatic heterocycles. The predicted octanol–water partition coefficient (Wildman–Crippen LogP) is 2.82. The average molecular weight is 365 g/mol. The average Bonchev–Trinajstić information content (AvgIpc) is 2.59. The highest BCUT2D eigenvalue weighted by atomic mass is 32.2. The second-order valence-corrected chi connectivity index (χ2v) is 8.09. The maximum absolute atomic E-state index is 13.2. The fourth-order valence-corrected chi connectivity index (χ4v) is 4.54. The summed E-state index contributed by atoms with van der Waals surface area (Å²) in [6, 6.07) is 11.3. The summed E-state index contributed by atoms with van der Waals surface area (Å²) in [5.41, 5.74) is 1.37. The third-order valence-corrected chi connectivity index (χ3v) is 6.09. The molecule has 0 fully saturated rings. The Hall–Kier alpha value is -2.12. The van der Waals surface area contributed by atoms with Gasteiger partial charge in [0, 0.05) is 18.1 Å². The number of hydrogen-bond donors (Lipinski definition) is 1. The summed E-state index contributed by atoms with van der Waals surface area (Å²) in [4.78, 5) is 0. The first-order chi connectivity index (χ1) is 12.0. The molecule has 0 aromatic heterocycles. The molecule has 134 valence electrons. The van der Waals surface area contributed by atoms with Crippen molar-refractivity contribution in [3.63, 3.8) is 0 Å². The molecule has 2 aromatic carbocycles. The molecule has 1 unspecified atom stereocenters. The van der Waals surface area contributed by atoms with Gasteiger partial charge in [0.15, 0.2) is 9.84 Å². The molecule has 0 bridgehead atoms. The highest BCUT2D eigenvalue weighted by molar-refractivity contribution is 7.91. The third kappa shape index (κ3) is 4.11. The number of nitrogens with one attached hydrogen (secondary N) is 1. The van der Waals surface area contributed by atoms with Gasteiger partial charge in [0.2, 0.25) is 0 Å². The Morgan fingerprint density at radius 2 is 2.12 bits per heavy atom. The smallest absolute Gasteiger partial charge is 0.170 e. The molecule has 0 amide bonds. The van der Waals surface area contributed by atoms with Crippen LogP contribution in [0.2, 0.25) is 0 Å². The van der Waals surface area contributed by atoms with Crippen LogP contribution in [0.3, 0.4) is 0 Å². The highest BCUT2D eigenvalue weighted by Gasteiger charge is 2.32. The number of halogens is 1. The maximum Gasteiger partial charge on any atom is 0.170 e. The van der Waals surface area contributed by atoms with Crippen molar-refractivity contribution >= 4 is 9.84 Å². The van der Waals surface area contributed by atoms with Crippen LogP contribution in [0.1, 0.15) is 22.8 Å². The minimum Gasteiger partial charge on any atom is -0.493 e. The molecule has 0 radical (unpaired) electrons. The van der Waals surface area contributed by atoms with E-state index in [1.165, 1.54) is 12.1 Å². The predicted molar refractivity (Wildman–Crippen MR) is 92.9 cm³/mol. The fraction of sp³-hybridized carbons (Fsp3) is 0.333. The van der Waals surface area contributed by atoms with Crippen molar-refractivity contribution in [2.45, 2.75) is 18.3 Å². The van der Waals surface area contributed by atoms with Gasteiger partial charge >= 0.3 is 0 Å². The lowest BCUT2D eigenvalue weighted by Crippen LogP contribution is -2.28. The number of ether oxygens (including phenoxy) is 2. The number of rotatable bonds is 6. The van der Waals surface area contributed by atoms with Gasteiger partial charge in [-0.05, 0) is 30.8 Å². The minimum atomic E-state index is -3.29. The molecule has 0 aliphatic carbocycles. The second kappa shape index (κ2) is 7.41. The van der Waals surface area contributed by atoms with E-state index in [1.807, 2.05) is 0 Å². The van der Waals surface area contributed by atoms with Crippen molar-refractivity contribution in [3.8, 4) is 11.5 Å². The number of fused-ring (bicyclic) bond motifs is 1. The van der Waals surface area contributed by atoms with Crippen molar-refractivity contribution in [3.05, 3.63) is 59.4 Å². The van der Waals surface area contributed by atoms with Crippen LogP contribution in [0.5, 0.6) is 11.5 Å². The van der Waals surface area contributed by atoms with Gasteiger partial charge in [-0.3, -0.25) is 0 Å². The van der Waals surface area contributed by atoms with Crippen molar-refractivity contribution in [2.75, 3.05) is 19.5 Å². The molecular weight excluding hydrogens is 345 g/mol. The molecule has 7 heteroatoms. The summed E-state index contributed by atoms with van der Waals surface area (Å²) in [6.45, 7) is 0.561. The van der Waals surface area contributed by atoms with E-state index < -0.39 is 15.1 Å². The van der Waals surface area contributed by atoms with Gasteiger partial charge in [0.1, 0.15) is 23.9 Å². The van der Waals surface area contributed by atoms with Gasteiger partial charge in [-0.1, -0.05) is 18.2 Å². The Morgan fingerprint density at radius 3 is 2.88 bits per heavy atom. The molecule has 0 spiro atoms. The number of hydrogen-bond acceptors (Lipinski definition) is 5. The van der Waals surface area contributed by atoms with Crippen LogP contribution in [-0.2, 0) is 16.4 Å². The molecule has 5 nitrogen and oxygen atoms in total. The largest absolute Gasteiger partial charge is 0.493 e. The molecular formula is C18H20FNO4S. The summed E-state index contributed by atoms with van der Waals surface area (Å²) in [6.07, 6.45) is 0.431. The zero-order valence-corrected chi connectivity index (χ0v) is 14.7. The fourth-order valence-electron chi connectivity index (χ4n) is 2.90. The van der Waals surface area contributed by atoms with Gasteiger partial charge < -0.3 is 14.8 Å². The van der Waals surface area contributed by atoms with Crippen LogP contribution < -0.4 is 14.8 Å². The Kier molecular flexibility index (Phi) is 5.24. The van der Waals surface area contributed by atoms with Crippen LogP contribution in [0, 0.1) is 5.82 Å². The Labute approximate surface area is 146 Å². The molecule has 1 aliphatic rings. The van der Waals surface area contributed by atoms with E-state index in [2.05, 4.69) is 5.32 Å². The monoisotopic (exact) mass is 365 g/mol. The van der Waals surface area contributed by atoms with Gasteiger partial charge in [-0.25, -0.2) is 12.8 Å². The summed E-state index contributed by atoms with van der Waals surface area (Å²) < 4.78 is 49.3. The molecule has 25 heavy (non-hydrogen) atoms. The van der Waals surface area contributed by atoms with Crippen LogP contribution >= 0.6 is 0 Å². The van der Waals surface area contributed by atoms with Crippen molar-refractivity contribution < 1.29 is 22.3 Å². The van der Waals surface area contributed by atoms with Gasteiger partial charge in [-0.2, -0.15) is 0 Å². The molecule has 1 atom stereocenters. The van der Waals surface area contributed by atoms with E-state index in [9.17, 15) is 12.8 Å². The quantitative estimate of drug-likeness (QED) is 0.853. The van der Waals surface area contributed by atoms with Crippen molar-refractivity contribution in [2.24, 2.45) is 0 Å². The zero-order valence-electron chi connectivity index (χ0n) is 13.9. The first-order valence-corrected chi connectivity index (χ1v) is 9.71. The van der Waals surface area contributed by atoms with E-state index >= 15 is 0 Å². The number of sulfone groups is 1. The lowest BCUT2D eigenvalue weighted by Gasteiger charge is -2.26. The van der Waals surface area contributed by atoms with E-state index in [0.717, 1.165) is 0 Å². The molecule has 0 saturated carbocycles. The standard InChI is InChI=1S/C18H20FNO4S/c1-20-12-25(21,22)18-7-8-23-17-10-15(5-6-16(17)18)24-11-13-3-2-4-14(19)9-13/h2-6,9-10,18,20H,7-8,11-12H2,1H3. The SMILES string of the molecule is CNCS(=O)(=O)C1CCOc2cc(OCc3cccc(F)c3)ccc21. The summed E-state index contributed by atoms with van der Waals surface area (Å²) in [5.74, 6) is 0.685. The van der Waals surface area contributed by atoms with Crippen LogP contribution in [0.15, 0.2) is 42.5 Å². The molecule has 0 saturated heterocycles. The normalized spacial score (nSPS) is 16.8. The Balaban J connectivity index is 1.78. The molecule has 1 N–H and O–H groups in total. The lowest BCUT2D eigenvalue weighted by molar-refractivity contribution is 0.274. The van der Waals surface area contributed by atoms with Crippen LogP contribution in [0.25, 0.3) is 0 Å². The van der Waals surface area contributed by atoms with E-state index in [0.29, 0.717) is 35.7 Å². The maximum atomic E-state index is 13.2. The minimum absolute atomic E-state index is 0.0745. The van der Waals surface area contributed by atoms with E-state index in [4.69, 9.17) is 9.47 Å². The van der Waals surface area contributed by atoms with Crippen molar-refractivity contribution in [1.29, 1.82) is 0 Å². The number of benzene rings is 2. The molecule has 2 aromatic rings. The third-order valence-electron chi connectivity index (χ3n) is 4.04. The van der Waals surface area contributed by atoms with Gasteiger partial charge in [0.05, 0.1) is 17.7 Å². The summed E-state index contributed by atoms with van der Waals surface area (Å²) in [7, 11) is -1.68. The topological polar surface area (TPSA) is 64.6 Å². The first kappa shape index (κ1) is 17.7. The zero-order chi connectivity index (χ0) is 17.9. The van der Waals surface area contributed by atoms with E-state index in [1.54, 1.807) is 37.4 Å².